The molecule has 1 saturated carbocycles. The van der Waals surface area contributed by atoms with Crippen LogP contribution in [0.1, 0.15) is 44.9 Å². The topological polar surface area (TPSA) is 72.3 Å². The molecular formula is C24H33N5O2. The number of aromatic nitrogens is 3. The second-order valence-corrected chi connectivity index (χ2v) is 9.44. The van der Waals surface area contributed by atoms with Gasteiger partial charge in [-0.15, -0.1) is 5.10 Å². The molecule has 4 fully saturated rings. The van der Waals surface area contributed by atoms with Crippen LogP contribution in [0.2, 0.25) is 0 Å². The van der Waals surface area contributed by atoms with Gasteiger partial charge in [0.2, 0.25) is 5.91 Å². The molecule has 0 spiro atoms. The zero-order chi connectivity index (χ0) is 21.2. The molecule has 2 bridgehead atoms. The summed E-state index contributed by atoms with van der Waals surface area (Å²) in [6.45, 7) is 2.80. The van der Waals surface area contributed by atoms with E-state index in [0.29, 0.717) is 23.9 Å². The van der Waals surface area contributed by atoms with Gasteiger partial charge in [-0.1, -0.05) is 24.5 Å². The van der Waals surface area contributed by atoms with Gasteiger partial charge in [-0.3, -0.25) is 14.4 Å². The molecule has 6 rings (SSSR count). The predicted molar refractivity (Wildman–Crippen MR) is 119 cm³/mol. The quantitative estimate of drug-likeness (QED) is 0.773. The number of nitrogens with zero attached hydrogens (tertiary/aromatic N) is 4. The Morgan fingerprint density at radius 2 is 1.97 bits per heavy atom. The first kappa shape index (κ1) is 20.5. The van der Waals surface area contributed by atoms with Crippen LogP contribution in [0.4, 0.5) is 0 Å². The van der Waals surface area contributed by atoms with Crippen molar-refractivity contribution in [2.75, 3.05) is 20.2 Å². The summed E-state index contributed by atoms with van der Waals surface area (Å²) in [4.78, 5) is 15.5. The zero-order valence-electron chi connectivity index (χ0n) is 18.4. The van der Waals surface area contributed by atoms with Crippen LogP contribution < -0.4 is 10.1 Å². The smallest absolute Gasteiger partial charge is 0.224 e. The second-order valence-electron chi connectivity index (χ2n) is 9.44. The SMILES string of the molecule is COc1ccc(-c2cn(C[C@H]3CC4CCN3C[C@@H]4C(=O)NC3CCCCC3)nn2)cc1. The highest BCUT2D eigenvalue weighted by Crippen LogP contribution is 2.37. The number of hydrogen-bond acceptors (Lipinski definition) is 5. The number of fused-ring (bicyclic) bond motifs is 3. The number of hydrogen-bond donors (Lipinski definition) is 1. The van der Waals surface area contributed by atoms with Crippen LogP contribution in [-0.2, 0) is 11.3 Å². The van der Waals surface area contributed by atoms with Crippen LogP contribution in [0.25, 0.3) is 11.3 Å². The molecule has 1 aliphatic carbocycles. The van der Waals surface area contributed by atoms with Gasteiger partial charge in [0.15, 0.2) is 0 Å². The van der Waals surface area contributed by atoms with E-state index in [-0.39, 0.29) is 5.92 Å². The summed E-state index contributed by atoms with van der Waals surface area (Å²) < 4.78 is 7.19. The van der Waals surface area contributed by atoms with Crippen molar-refractivity contribution >= 4 is 5.91 Å². The van der Waals surface area contributed by atoms with Crippen molar-refractivity contribution < 1.29 is 9.53 Å². The molecule has 4 atom stereocenters. The third-order valence-corrected chi connectivity index (χ3v) is 7.49. The van der Waals surface area contributed by atoms with Gasteiger partial charge in [0.25, 0.3) is 0 Å². The van der Waals surface area contributed by atoms with Gasteiger partial charge in [0, 0.05) is 24.2 Å². The third kappa shape index (κ3) is 4.47. The van der Waals surface area contributed by atoms with E-state index in [1.807, 2.05) is 35.1 Å². The molecule has 7 heteroatoms. The molecule has 1 aromatic carbocycles. The minimum atomic E-state index is 0.150. The molecule has 0 radical (unpaired) electrons. The van der Waals surface area contributed by atoms with E-state index in [9.17, 15) is 4.79 Å². The lowest BCUT2D eigenvalue weighted by molar-refractivity contribution is -0.134. The van der Waals surface area contributed by atoms with Crippen LogP contribution >= 0.6 is 0 Å². The highest BCUT2D eigenvalue weighted by molar-refractivity contribution is 5.79. The van der Waals surface area contributed by atoms with E-state index in [1.54, 1.807) is 7.11 Å². The number of methoxy groups -OCH3 is 1. The number of piperidine rings is 3. The maximum atomic E-state index is 13.0. The van der Waals surface area contributed by atoms with Gasteiger partial charge in [0.1, 0.15) is 11.4 Å². The summed E-state index contributed by atoms with van der Waals surface area (Å²) in [6.07, 6.45) is 10.4. The Hall–Kier alpha value is -2.41. The van der Waals surface area contributed by atoms with Crippen LogP contribution in [0, 0.1) is 11.8 Å². The Balaban J connectivity index is 1.19. The lowest BCUT2D eigenvalue weighted by Gasteiger charge is -2.49. The van der Waals surface area contributed by atoms with Gasteiger partial charge in [-0.2, -0.15) is 0 Å². The van der Waals surface area contributed by atoms with Crippen molar-refractivity contribution in [3.8, 4) is 17.0 Å². The van der Waals surface area contributed by atoms with Gasteiger partial charge >= 0.3 is 0 Å². The van der Waals surface area contributed by atoms with Crippen molar-refractivity contribution in [3.05, 3.63) is 30.5 Å². The van der Waals surface area contributed by atoms with Gasteiger partial charge in [0.05, 0.1) is 25.8 Å². The van der Waals surface area contributed by atoms with Crippen molar-refractivity contribution in [1.29, 1.82) is 0 Å². The van der Waals surface area contributed by atoms with E-state index in [2.05, 4.69) is 20.5 Å². The first-order valence-electron chi connectivity index (χ1n) is 11.8. The summed E-state index contributed by atoms with van der Waals surface area (Å²) in [5.41, 5.74) is 1.92. The maximum absolute atomic E-state index is 13.0. The molecule has 4 aliphatic rings. The van der Waals surface area contributed by atoms with Crippen molar-refractivity contribution in [2.24, 2.45) is 11.8 Å². The largest absolute Gasteiger partial charge is 0.497 e. The summed E-state index contributed by atoms with van der Waals surface area (Å²) >= 11 is 0. The molecule has 1 N–H and O–H groups in total. The fraction of sp³-hybridized carbons (Fsp3) is 0.625. The minimum absolute atomic E-state index is 0.150. The third-order valence-electron chi connectivity index (χ3n) is 7.49. The number of carbonyl (C=O) groups is 1. The average Bonchev–Trinajstić information content (AvgIpc) is 3.28. The summed E-state index contributed by atoms with van der Waals surface area (Å²) in [7, 11) is 1.67. The Morgan fingerprint density at radius 3 is 2.68 bits per heavy atom. The van der Waals surface area contributed by atoms with Crippen molar-refractivity contribution in [2.45, 2.75) is 63.6 Å². The lowest BCUT2D eigenvalue weighted by Crippen LogP contribution is -2.58. The molecule has 3 saturated heterocycles. The van der Waals surface area contributed by atoms with Gasteiger partial charge < -0.3 is 10.1 Å². The first-order valence-corrected chi connectivity index (χ1v) is 11.8. The monoisotopic (exact) mass is 423 g/mol. The molecule has 166 valence electrons. The van der Waals surface area contributed by atoms with Crippen LogP contribution in [0.15, 0.2) is 30.5 Å². The number of ether oxygens (including phenoxy) is 1. The fourth-order valence-electron chi connectivity index (χ4n) is 5.68. The van der Waals surface area contributed by atoms with E-state index >= 15 is 0 Å². The average molecular weight is 424 g/mol. The lowest BCUT2D eigenvalue weighted by atomic mass is 9.75. The van der Waals surface area contributed by atoms with Gasteiger partial charge in [-0.25, -0.2) is 0 Å². The van der Waals surface area contributed by atoms with Crippen LogP contribution in [-0.4, -0.2) is 58.1 Å². The summed E-state index contributed by atoms with van der Waals surface area (Å²) in [5.74, 6) is 1.77. The van der Waals surface area contributed by atoms with Gasteiger partial charge in [-0.05, 0) is 62.4 Å². The summed E-state index contributed by atoms with van der Waals surface area (Å²) in [6, 6.07) is 8.74. The zero-order valence-corrected chi connectivity index (χ0v) is 18.4. The molecule has 7 nitrogen and oxygen atoms in total. The molecular weight excluding hydrogens is 390 g/mol. The fourth-order valence-corrected chi connectivity index (χ4v) is 5.68. The molecule has 1 amide bonds. The number of carbonyl (C=O) groups excluding carboxylic acids is 1. The predicted octanol–water partition coefficient (Wildman–Crippen LogP) is 3.11. The first-order chi connectivity index (χ1) is 15.2. The number of rotatable bonds is 6. The maximum Gasteiger partial charge on any atom is 0.224 e. The summed E-state index contributed by atoms with van der Waals surface area (Å²) in [5, 5.41) is 12.1. The minimum Gasteiger partial charge on any atom is -0.497 e. The number of nitrogens with one attached hydrogen (secondary N) is 1. The Kier molecular flexibility index (Phi) is 5.94. The van der Waals surface area contributed by atoms with E-state index in [0.717, 1.165) is 62.3 Å². The normalized spacial score (nSPS) is 28.4. The highest BCUT2D eigenvalue weighted by Gasteiger charge is 2.43. The second kappa shape index (κ2) is 8.99. The molecule has 3 aliphatic heterocycles. The Morgan fingerprint density at radius 1 is 1.16 bits per heavy atom. The Bertz CT molecular complexity index is 890. The van der Waals surface area contributed by atoms with Crippen molar-refractivity contribution in [1.82, 2.24) is 25.2 Å². The molecule has 1 aromatic heterocycles. The van der Waals surface area contributed by atoms with E-state index in [4.69, 9.17) is 4.74 Å². The Labute approximate surface area is 184 Å². The molecule has 2 unspecified atom stereocenters. The van der Waals surface area contributed by atoms with Crippen molar-refractivity contribution in [3.63, 3.8) is 0 Å². The molecule has 4 heterocycles. The van der Waals surface area contributed by atoms with E-state index in [1.165, 1.54) is 19.3 Å². The number of amides is 1. The number of benzene rings is 1. The molecule has 31 heavy (non-hydrogen) atoms. The van der Waals surface area contributed by atoms with Crippen LogP contribution in [0.3, 0.4) is 0 Å². The standard InChI is InChI=1S/C24H33N5O2/c1-31-21-9-7-17(8-10-21)23-16-29(27-26-23)14-20-13-18-11-12-28(20)15-22(18)24(30)25-19-5-3-2-4-6-19/h7-10,16,18-20,22H,2-6,11-15H2,1H3,(H,25,30)/t18?,20-,22+/m1/s1. The molecule has 2 aromatic rings. The van der Waals surface area contributed by atoms with Crippen LogP contribution in [0.5, 0.6) is 5.75 Å². The van der Waals surface area contributed by atoms with E-state index < -0.39 is 0 Å². The highest BCUT2D eigenvalue weighted by atomic mass is 16.5.